The maximum atomic E-state index is 5.90. The summed E-state index contributed by atoms with van der Waals surface area (Å²) in [7, 11) is 1.97. The Morgan fingerprint density at radius 3 is 2.57 bits per heavy atom. The summed E-state index contributed by atoms with van der Waals surface area (Å²) < 4.78 is 5.56. The topological polar surface area (TPSA) is 64.3 Å². The number of hydrogen-bond donors (Lipinski definition) is 1. The predicted molar refractivity (Wildman–Crippen MR) is 86.2 cm³/mol. The molecule has 0 atom stereocenters. The van der Waals surface area contributed by atoms with E-state index in [1.807, 2.05) is 56.1 Å². The van der Waals surface area contributed by atoms with Gasteiger partial charge in [-0.1, -0.05) is 30.3 Å². The second-order valence-electron chi connectivity index (χ2n) is 5.18. The van der Waals surface area contributed by atoms with Crippen molar-refractivity contribution >= 4 is 11.6 Å². The quantitative estimate of drug-likeness (QED) is 0.884. The maximum absolute atomic E-state index is 5.90. The van der Waals surface area contributed by atoms with E-state index < -0.39 is 0 Å². The number of nitrogen functional groups attached to an aromatic ring is 1. The van der Waals surface area contributed by atoms with Gasteiger partial charge in [0.2, 0.25) is 0 Å². The number of hydrogen-bond acceptors (Lipinski definition) is 5. The van der Waals surface area contributed by atoms with Crippen molar-refractivity contribution in [2.24, 2.45) is 0 Å². The van der Waals surface area contributed by atoms with Crippen LogP contribution in [0, 0.1) is 0 Å². The molecule has 5 nitrogen and oxygen atoms in total. The Morgan fingerprint density at radius 2 is 1.90 bits per heavy atom. The zero-order valence-electron chi connectivity index (χ0n) is 12.8. The highest BCUT2D eigenvalue weighted by atomic mass is 16.5. The van der Waals surface area contributed by atoms with Crippen molar-refractivity contribution in [1.82, 2.24) is 9.97 Å². The molecule has 0 saturated heterocycles. The summed E-state index contributed by atoms with van der Waals surface area (Å²) in [4.78, 5) is 10.9. The Bertz CT molecular complexity index is 572. The number of anilines is 2. The van der Waals surface area contributed by atoms with E-state index in [-0.39, 0.29) is 6.10 Å². The molecular weight excluding hydrogens is 264 g/mol. The molecule has 0 amide bonds. The second kappa shape index (κ2) is 7.04. The smallest absolute Gasteiger partial charge is 0.163 e. The van der Waals surface area contributed by atoms with Crippen molar-refractivity contribution in [3.63, 3.8) is 0 Å². The molecule has 1 aromatic carbocycles. The largest absolute Gasteiger partial charge is 0.384 e. The van der Waals surface area contributed by atoms with Crippen molar-refractivity contribution in [3.05, 3.63) is 36.4 Å². The van der Waals surface area contributed by atoms with E-state index in [0.717, 1.165) is 17.9 Å². The first-order chi connectivity index (χ1) is 10.1. The number of nitrogens with two attached hydrogens (primary N) is 1. The summed E-state index contributed by atoms with van der Waals surface area (Å²) in [6.45, 7) is 5.45. The van der Waals surface area contributed by atoms with Crippen LogP contribution in [0.5, 0.6) is 0 Å². The lowest BCUT2D eigenvalue weighted by Crippen LogP contribution is -2.25. The van der Waals surface area contributed by atoms with Gasteiger partial charge in [0.1, 0.15) is 11.6 Å². The lowest BCUT2D eigenvalue weighted by atomic mass is 10.2. The minimum atomic E-state index is 0.230. The standard InChI is InChI=1S/C16H22N4O/c1-12(2)21-10-9-20(3)15-11-14(17)18-16(19-15)13-7-5-4-6-8-13/h4-8,11-12H,9-10H2,1-3H3,(H2,17,18,19). The number of rotatable bonds is 6. The van der Waals surface area contributed by atoms with Gasteiger partial charge in [-0.25, -0.2) is 9.97 Å². The fourth-order valence-electron chi connectivity index (χ4n) is 1.90. The third-order valence-corrected chi connectivity index (χ3v) is 3.03. The Balaban J connectivity index is 2.15. The van der Waals surface area contributed by atoms with Crippen LogP contribution in [-0.2, 0) is 4.74 Å². The van der Waals surface area contributed by atoms with E-state index in [1.165, 1.54) is 0 Å². The third-order valence-electron chi connectivity index (χ3n) is 3.03. The second-order valence-corrected chi connectivity index (χ2v) is 5.18. The molecule has 2 N–H and O–H groups in total. The minimum absolute atomic E-state index is 0.230. The highest BCUT2D eigenvalue weighted by molar-refractivity contribution is 5.60. The molecule has 1 aromatic heterocycles. The molecule has 0 saturated carbocycles. The third kappa shape index (κ3) is 4.43. The number of likely N-dealkylation sites (N-methyl/N-ethyl adjacent to an activating group) is 1. The van der Waals surface area contributed by atoms with Gasteiger partial charge in [-0.3, -0.25) is 0 Å². The van der Waals surface area contributed by atoms with Crippen LogP contribution in [0.15, 0.2) is 36.4 Å². The predicted octanol–water partition coefficient (Wildman–Crippen LogP) is 2.59. The molecule has 0 unspecified atom stereocenters. The number of benzene rings is 1. The van der Waals surface area contributed by atoms with E-state index in [9.17, 15) is 0 Å². The van der Waals surface area contributed by atoms with Gasteiger partial charge in [0.05, 0.1) is 12.7 Å². The lowest BCUT2D eigenvalue weighted by Gasteiger charge is -2.19. The number of aromatic nitrogens is 2. The number of ether oxygens (including phenoxy) is 1. The van der Waals surface area contributed by atoms with Gasteiger partial charge in [-0.05, 0) is 13.8 Å². The molecule has 0 spiro atoms. The molecule has 1 heterocycles. The van der Waals surface area contributed by atoms with Crippen LogP contribution in [0.1, 0.15) is 13.8 Å². The molecule has 0 radical (unpaired) electrons. The van der Waals surface area contributed by atoms with Crippen LogP contribution in [0.3, 0.4) is 0 Å². The highest BCUT2D eigenvalue weighted by Gasteiger charge is 2.09. The monoisotopic (exact) mass is 286 g/mol. The summed E-state index contributed by atoms with van der Waals surface area (Å²) in [6.07, 6.45) is 0.230. The van der Waals surface area contributed by atoms with Gasteiger partial charge in [0, 0.05) is 25.2 Å². The molecule has 2 aromatic rings. The van der Waals surface area contributed by atoms with Gasteiger partial charge in [0.25, 0.3) is 0 Å². The molecule has 0 bridgehead atoms. The van der Waals surface area contributed by atoms with E-state index in [1.54, 1.807) is 6.07 Å². The fourth-order valence-corrected chi connectivity index (χ4v) is 1.90. The van der Waals surface area contributed by atoms with Crippen molar-refractivity contribution in [3.8, 4) is 11.4 Å². The Labute approximate surface area is 125 Å². The van der Waals surface area contributed by atoms with E-state index >= 15 is 0 Å². The van der Waals surface area contributed by atoms with E-state index in [2.05, 4.69) is 9.97 Å². The van der Waals surface area contributed by atoms with Crippen molar-refractivity contribution < 1.29 is 4.74 Å². The Hall–Kier alpha value is -2.14. The minimum Gasteiger partial charge on any atom is -0.384 e. The molecule has 21 heavy (non-hydrogen) atoms. The Kier molecular flexibility index (Phi) is 5.11. The first-order valence-electron chi connectivity index (χ1n) is 7.09. The summed E-state index contributed by atoms with van der Waals surface area (Å²) >= 11 is 0. The summed E-state index contributed by atoms with van der Waals surface area (Å²) in [5, 5.41) is 0. The normalized spacial score (nSPS) is 10.9. The molecule has 2 rings (SSSR count). The Morgan fingerprint density at radius 1 is 1.19 bits per heavy atom. The van der Waals surface area contributed by atoms with E-state index in [0.29, 0.717) is 18.2 Å². The average Bonchev–Trinajstić information content (AvgIpc) is 2.47. The summed E-state index contributed by atoms with van der Waals surface area (Å²) in [6, 6.07) is 11.6. The van der Waals surface area contributed by atoms with Crippen LogP contribution in [0.2, 0.25) is 0 Å². The van der Waals surface area contributed by atoms with Crippen LogP contribution in [-0.4, -0.2) is 36.3 Å². The van der Waals surface area contributed by atoms with Crippen LogP contribution in [0.4, 0.5) is 11.6 Å². The lowest BCUT2D eigenvalue weighted by molar-refractivity contribution is 0.0845. The van der Waals surface area contributed by atoms with Gasteiger partial charge in [-0.2, -0.15) is 0 Å². The SMILES string of the molecule is CC(C)OCCN(C)c1cc(N)nc(-c2ccccc2)n1. The van der Waals surface area contributed by atoms with Crippen LogP contribution in [0.25, 0.3) is 11.4 Å². The molecule has 0 aliphatic carbocycles. The fraction of sp³-hybridized carbons (Fsp3) is 0.375. The average molecular weight is 286 g/mol. The molecular formula is C16H22N4O. The van der Waals surface area contributed by atoms with Gasteiger partial charge in [0.15, 0.2) is 5.82 Å². The summed E-state index contributed by atoms with van der Waals surface area (Å²) in [5.74, 6) is 1.91. The van der Waals surface area contributed by atoms with E-state index in [4.69, 9.17) is 10.5 Å². The summed E-state index contributed by atoms with van der Waals surface area (Å²) in [5.41, 5.74) is 6.86. The molecule has 112 valence electrons. The van der Waals surface area contributed by atoms with Crippen LogP contribution >= 0.6 is 0 Å². The number of nitrogens with zero attached hydrogens (tertiary/aromatic N) is 3. The molecule has 5 heteroatoms. The van der Waals surface area contributed by atoms with Crippen molar-refractivity contribution in [2.45, 2.75) is 20.0 Å². The van der Waals surface area contributed by atoms with Crippen molar-refractivity contribution in [1.29, 1.82) is 0 Å². The molecule has 0 aliphatic rings. The molecule has 0 aliphatic heterocycles. The van der Waals surface area contributed by atoms with Gasteiger partial charge in [-0.15, -0.1) is 0 Å². The highest BCUT2D eigenvalue weighted by Crippen LogP contribution is 2.20. The zero-order valence-corrected chi connectivity index (χ0v) is 12.8. The van der Waals surface area contributed by atoms with Gasteiger partial charge >= 0.3 is 0 Å². The van der Waals surface area contributed by atoms with Crippen molar-refractivity contribution in [2.75, 3.05) is 30.8 Å². The zero-order chi connectivity index (χ0) is 15.2. The van der Waals surface area contributed by atoms with Gasteiger partial charge < -0.3 is 15.4 Å². The first-order valence-corrected chi connectivity index (χ1v) is 7.09. The maximum Gasteiger partial charge on any atom is 0.163 e. The molecule has 0 fully saturated rings. The van der Waals surface area contributed by atoms with Crippen LogP contribution < -0.4 is 10.6 Å². The first kappa shape index (κ1) is 15.3.